The van der Waals surface area contributed by atoms with Crippen molar-refractivity contribution in [3.63, 3.8) is 0 Å². The Kier molecular flexibility index (Phi) is 2.76. The molecule has 0 fully saturated rings. The first kappa shape index (κ1) is 9.57. The van der Waals surface area contributed by atoms with Crippen molar-refractivity contribution in [2.75, 3.05) is 0 Å². The minimum Gasteiger partial charge on any atom is -0.281 e. The van der Waals surface area contributed by atoms with E-state index in [1.807, 2.05) is 0 Å². The highest BCUT2D eigenvalue weighted by Crippen LogP contribution is 2.22. The summed E-state index contributed by atoms with van der Waals surface area (Å²) in [7, 11) is -2.67. The summed E-state index contributed by atoms with van der Waals surface area (Å²) in [5.74, 6) is 3.38. The van der Waals surface area contributed by atoms with E-state index in [2.05, 4.69) is 10.6 Å². The van der Waals surface area contributed by atoms with E-state index in [9.17, 15) is 9.00 Å². The maximum absolute atomic E-state index is 11.5. The fourth-order valence-electron chi connectivity index (χ4n) is 0.604. The Hall–Kier alpha value is -0.520. The fraction of sp³-hybridized carbons (Fsp3) is 0. The summed E-state index contributed by atoms with van der Waals surface area (Å²) in [6.07, 6.45) is 0.364. The third-order valence-electron chi connectivity index (χ3n) is 1.11. The predicted molar refractivity (Wildman–Crippen MR) is 52.1 cm³/mol. The van der Waals surface area contributed by atoms with Crippen LogP contribution in [-0.4, -0.2) is 16.5 Å². The molecule has 3 nitrogen and oxygen atoms in total. The maximum Gasteiger partial charge on any atom is 0.218 e. The van der Waals surface area contributed by atoms with E-state index >= 15 is 0 Å². The van der Waals surface area contributed by atoms with Crippen molar-refractivity contribution >= 4 is 44.9 Å². The van der Waals surface area contributed by atoms with Gasteiger partial charge < -0.3 is 0 Å². The van der Waals surface area contributed by atoms with E-state index in [1.165, 1.54) is 17.4 Å². The van der Waals surface area contributed by atoms with Gasteiger partial charge in [-0.25, -0.2) is 4.21 Å². The molecule has 1 N–H and O–H groups in total. The number of hydrogen-bond acceptors (Lipinski definition) is 3. The van der Waals surface area contributed by atoms with Crippen LogP contribution < -0.4 is 4.72 Å². The molecule has 0 aliphatic heterocycles. The number of rotatable bonds is 3. The molecular formula is C6H6ClNO2S2. The van der Waals surface area contributed by atoms with Gasteiger partial charge in [0.2, 0.25) is 6.41 Å². The van der Waals surface area contributed by atoms with Gasteiger partial charge in [-0.1, -0.05) is 11.6 Å². The second kappa shape index (κ2) is 3.47. The number of carbonyl (C=O) groups excluding carboxylic acids is 1. The molecule has 66 valence electrons. The Balaban J connectivity index is 3.06. The highest BCUT2D eigenvalue weighted by Gasteiger charge is 2.08. The van der Waals surface area contributed by atoms with Gasteiger partial charge in [0.15, 0.2) is 0 Å². The summed E-state index contributed by atoms with van der Waals surface area (Å²) in [6.45, 7) is 0. The molecule has 1 unspecified atom stereocenters. The monoisotopic (exact) mass is 223 g/mol. The van der Waals surface area contributed by atoms with Gasteiger partial charge >= 0.3 is 0 Å². The summed E-state index contributed by atoms with van der Waals surface area (Å²) in [5.41, 5.74) is 0. The van der Waals surface area contributed by atoms with Gasteiger partial charge in [0.1, 0.15) is 4.21 Å². The van der Waals surface area contributed by atoms with Crippen LogP contribution in [0.3, 0.4) is 0 Å². The van der Waals surface area contributed by atoms with Crippen LogP contribution in [0, 0.1) is 0 Å². The van der Waals surface area contributed by atoms with Crippen molar-refractivity contribution in [1.29, 1.82) is 0 Å². The minimum absolute atomic E-state index is 0.364. The molecular weight excluding hydrogens is 218 g/mol. The summed E-state index contributed by atoms with van der Waals surface area (Å²) in [5, 5.41) is 2.13. The minimum atomic E-state index is -2.67. The molecule has 1 atom stereocenters. The molecule has 1 amide bonds. The summed E-state index contributed by atoms with van der Waals surface area (Å²) < 4.78 is 14.1. The largest absolute Gasteiger partial charge is 0.281 e. The first-order valence-electron chi connectivity index (χ1n) is 2.88. The van der Waals surface area contributed by atoms with Crippen LogP contribution in [-0.2, 0) is 14.5 Å². The van der Waals surface area contributed by atoms with E-state index in [4.69, 9.17) is 11.6 Å². The van der Waals surface area contributed by atoms with Gasteiger partial charge in [-0.2, -0.15) is 0 Å². The van der Waals surface area contributed by atoms with E-state index in [0.29, 0.717) is 15.6 Å². The maximum atomic E-state index is 11.5. The summed E-state index contributed by atoms with van der Waals surface area (Å²) >= 11 is 6.81. The predicted octanol–water partition coefficient (Wildman–Crippen LogP) is 1.14. The summed E-state index contributed by atoms with van der Waals surface area (Å²) in [6, 6.07) is 1.53. The molecule has 12 heavy (non-hydrogen) atoms. The molecule has 0 bridgehead atoms. The van der Waals surface area contributed by atoms with Gasteiger partial charge in [-0.15, -0.1) is 11.3 Å². The van der Waals surface area contributed by atoms with Crippen LogP contribution in [0.15, 0.2) is 15.7 Å². The van der Waals surface area contributed by atoms with Crippen molar-refractivity contribution < 1.29 is 9.00 Å². The van der Waals surface area contributed by atoms with Crippen LogP contribution in [0.4, 0.5) is 0 Å². The van der Waals surface area contributed by atoms with Crippen molar-refractivity contribution in [2.45, 2.75) is 4.21 Å². The lowest BCUT2D eigenvalue weighted by Crippen LogP contribution is -2.20. The molecule has 6 heteroatoms. The molecule has 0 saturated heterocycles. The van der Waals surface area contributed by atoms with Crippen LogP contribution in [0.2, 0.25) is 5.02 Å². The van der Waals surface area contributed by atoms with Gasteiger partial charge in [0.25, 0.3) is 0 Å². The third kappa shape index (κ3) is 2.00. The first-order valence-corrected chi connectivity index (χ1v) is 5.87. The second-order valence-corrected chi connectivity index (χ2v) is 5.63. The fourth-order valence-corrected chi connectivity index (χ4v) is 2.97. The van der Waals surface area contributed by atoms with Gasteiger partial charge in [0, 0.05) is 5.38 Å². The SMILES string of the molecule is C=S(=O)(NC=O)c1cc(Cl)cs1. The quantitative estimate of drug-likeness (QED) is 0.617. The van der Waals surface area contributed by atoms with Crippen molar-refractivity contribution in [3.05, 3.63) is 16.5 Å². The van der Waals surface area contributed by atoms with Gasteiger partial charge in [-0.05, 0) is 11.9 Å². The van der Waals surface area contributed by atoms with Crippen molar-refractivity contribution in [1.82, 2.24) is 4.72 Å². The summed E-state index contributed by atoms with van der Waals surface area (Å²) in [4.78, 5) is 10.0. The average molecular weight is 224 g/mol. The van der Waals surface area contributed by atoms with E-state index in [-0.39, 0.29) is 0 Å². The van der Waals surface area contributed by atoms with Crippen molar-refractivity contribution in [3.8, 4) is 0 Å². The van der Waals surface area contributed by atoms with Crippen LogP contribution in [0.25, 0.3) is 0 Å². The Morgan fingerprint density at radius 3 is 2.83 bits per heavy atom. The van der Waals surface area contributed by atoms with Gasteiger partial charge in [0.05, 0.1) is 14.7 Å². The molecule has 1 heterocycles. The molecule has 0 spiro atoms. The third-order valence-corrected chi connectivity index (χ3v) is 4.52. The molecule has 1 rings (SSSR count). The highest BCUT2D eigenvalue weighted by molar-refractivity contribution is 8.00. The lowest BCUT2D eigenvalue weighted by molar-refractivity contribution is -0.108. The van der Waals surface area contributed by atoms with Crippen molar-refractivity contribution in [2.24, 2.45) is 0 Å². The number of halogens is 1. The zero-order valence-corrected chi connectivity index (χ0v) is 8.34. The number of nitrogens with one attached hydrogen (secondary N) is 1. The molecule has 0 aliphatic rings. The Morgan fingerprint density at radius 1 is 1.75 bits per heavy atom. The Labute approximate surface area is 79.5 Å². The second-order valence-electron chi connectivity index (χ2n) is 1.99. The van der Waals surface area contributed by atoms with E-state index < -0.39 is 9.71 Å². The number of hydrogen-bond donors (Lipinski definition) is 1. The zero-order valence-electron chi connectivity index (χ0n) is 5.95. The first-order chi connectivity index (χ1) is 5.56. The Morgan fingerprint density at radius 2 is 2.42 bits per heavy atom. The molecule has 0 aliphatic carbocycles. The van der Waals surface area contributed by atoms with Crippen LogP contribution >= 0.6 is 22.9 Å². The lowest BCUT2D eigenvalue weighted by Gasteiger charge is -2.02. The van der Waals surface area contributed by atoms with Gasteiger partial charge in [-0.3, -0.25) is 9.52 Å². The van der Waals surface area contributed by atoms with Crippen LogP contribution in [0.1, 0.15) is 0 Å². The molecule has 0 saturated carbocycles. The smallest absolute Gasteiger partial charge is 0.218 e. The normalized spacial score (nSPS) is 15.1. The molecule has 1 aromatic rings. The topological polar surface area (TPSA) is 46.2 Å². The zero-order chi connectivity index (χ0) is 9.19. The van der Waals surface area contributed by atoms with E-state index in [1.54, 1.807) is 5.38 Å². The number of thiophene rings is 1. The average Bonchev–Trinajstić information content (AvgIpc) is 2.36. The number of carbonyl (C=O) groups is 1. The van der Waals surface area contributed by atoms with E-state index in [0.717, 1.165) is 0 Å². The lowest BCUT2D eigenvalue weighted by atomic mass is 10.7. The molecule has 0 aromatic carbocycles. The number of amides is 1. The molecule has 1 aromatic heterocycles. The highest BCUT2D eigenvalue weighted by atomic mass is 35.5. The molecule has 0 radical (unpaired) electrons. The standard InChI is InChI=1S/C6H6ClNO2S2/c1-12(10,8-4-9)6-2-5(7)3-11-6/h2-4H,1H2,(H,8,9,10). The Bertz CT molecular complexity index is 382. The van der Waals surface area contributed by atoms with Crippen LogP contribution in [0.5, 0.6) is 0 Å².